The van der Waals surface area contributed by atoms with Gasteiger partial charge in [0.15, 0.2) is 23.5 Å². The minimum Gasteiger partial charge on any atom is -0.402 e. The molecule has 1 amide bonds. The fraction of sp³-hybridized carbons (Fsp3) is 0.379. The van der Waals surface area contributed by atoms with E-state index in [0.717, 1.165) is 6.42 Å². The Morgan fingerprint density at radius 1 is 1.12 bits per heavy atom. The lowest BCUT2D eigenvalue weighted by molar-refractivity contribution is -0.134. The lowest BCUT2D eigenvalue weighted by Crippen LogP contribution is -2.45. The van der Waals surface area contributed by atoms with Crippen LogP contribution in [-0.4, -0.2) is 81.8 Å². The number of hydrogen-bond acceptors (Lipinski definition) is 10. The third kappa shape index (κ3) is 6.56. The number of likely N-dealkylation sites (N-methyl/N-ethyl adjacent to an activating group) is 1. The van der Waals surface area contributed by atoms with Crippen molar-refractivity contribution in [3.05, 3.63) is 78.1 Å². The van der Waals surface area contributed by atoms with Crippen molar-refractivity contribution in [3.8, 4) is 0 Å². The fourth-order valence-electron chi connectivity index (χ4n) is 4.79. The van der Waals surface area contributed by atoms with Crippen molar-refractivity contribution in [1.82, 2.24) is 25.0 Å². The number of imidazole rings is 1. The first-order chi connectivity index (χ1) is 20.1. The molecule has 1 aliphatic rings. The summed E-state index contributed by atoms with van der Waals surface area (Å²) in [6, 6.07) is 20.6. The maximum absolute atomic E-state index is 12.2. The van der Waals surface area contributed by atoms with Crippen LogP contribution in [0, 0.1) is 0 Å². The van der Waals surface area contributed by atoms with E-state index in [4.69, 9.17) is 20.3 Å². The standard InChI is InChI=1S/C29H36N8O4/c1-2-31-28(39)25-24(38)22(17-40-25)41-37-18-34-23-26(35-29(36-27(23)37)32-15-9-14-30)33-16-21(19-10-5-3-6-11-19)20-12-7-4-8-13-20/h3-8,10-13,18,21-22,24-25,38H,2,9,14-17,30H2,1H3,(H,31,39)(H2,32,33,35,36)/t22-,24-,25-/m0/s1. The molecule has 2 aromatic heterocycles. The maximum atomic E-state index is 12.2. The van der Waals surface area contributed by atoms with Crippen LogP contribution in [0.15, 0.2) is 67.0 Å². The minimum atomic E-state index is -1.15. The van der Waals surface area contributed by atoms with Gasteiger partial charge < -0.3 is 36.4 Å². The van der Waals surface area contributed by atoms with Gasteiger partial charge in [0.05, 0.1) is 6.61 Å². The highest BCUT2D eigenvalue weighted by molar-refractivity contribution is 5.84. The number of ether oxygens (including phenoxy) is 1. The number of aliphatic hydroxyl groups is 1. The van der Waals surface area contributed by atoms with E-state index in [1.54, 1.807) is 6.92 Å². The van der Waals surface area contributed by atoms with Crippen molar-refractivity contribution >= 4 is 28.8 Å². The molecule has 12 heteroatoms. The maximum Gasteiger partial charge on any atom is 0.251 e. The largest absolute Gasteiger partial charge is 0.402 e. The summed E-state index contributed by atoms with van der Waals surface area (Å²) < 4.78 is 6.91. The number of hydrogen-bond donors (Lipinski definition) is 5. The molecular weight excluding hydrogens is 524 g/mol. The fourth-order valence-corrected chi connectivity index (χ4v) is 4.79. The molecule has 1 fully saturated rings. The summed E-state index contributed by atoms with van der Waals surface area (Å²) in [5.74, 6) is 0.602. The van der Waals surface area contributed by atoms with Crippen LogP contribution in [0.4, 0.5) is 11.8 Å². The highest BCUT2D eigenvalue weighted by Gasteiger charge is 2.42. The summed E-state index contributed by atoms with van der Waals surface area (Å²) in [7, 11) is 0. The molecule has 12 nitrogen and oxygen atoms in total. The second kappa shape index (κ2) is 13.4. The summed E-state index contributed by atoms with van der Waals surface area (Å²) in [6.07, 6.45) is -0.732. The van der Waals surface area contributed by atoms with Crippen molar-refractivity contribution in [1.29, 1.82) is 0 Å². The Morgan fingerprint density at radius 3 is 2.49 bits per heavy atom. The van der Waals surface area contributed by atoms with Gasteiger partial charge in [0.25, 0.3) is 5.91 Å². The Hall–Kier alpha value is -4.26. The summed E-state index contributed by atoms with van der Waals surface area (Å²) in [4.78, 5) is 32.2. The van der Waals surface area contributed by atoms with Gasteiger partial charge in [-0.3, -0.25) is 4.79 Å². The minimum absolute atomic E-state index is 0.0380. The monoisotopic (exact) mass is 560 g/mol. The van der Waals surface area contributed by atoms with Crippen LogP contribution < -0.4 is 26.5 Å². The smallest absolute Gasteiger partial charge is 0.251 e. The molecule has 4 aromatic rings. The number of nitrogens with zero attached hydrogens (tertiary/aromatic N) is 4. The molecule has 216 valence electrons. The lowest BCUT2D eigenvalue weighted by Gasteiger charge is -2.20. The highest BCUT2D eigenvalue weighted by Crippen LogP contribution is 2.27. The third-order valence-corrected chi connectivity index (χ3v) is 6.90. The molecule has 41 heavy (non-hydrogen) atoms. The molecule has 0 radical (unpaired) electrons. The van der Waals surface area contributed by atoms with Crippen LogP contribution in [-0.2, 0) is 9.53 Å². The van der Waals surface area contributed by atoms with Gasteiger partial charge >= 0.3 is 0 Å². The molecule has 6 N–H and O–H groups in total. The van der Waals surface area contributed by atoms with Gasteiger partial charge in [-0.05, 0) is 31.0 Å². The van der Waals surface area contributed by atoms with Crippen LogP contribution in [0.3, 0.4) is 0 Å². The number of fused-ring (bicyclic) bond motifs is 1. The average Bonchev–Trinajstić information content (AvgIpc) is 3.58. The molecule has 0 spiro atoms. The Balaban J connectivity index is 1.42. The Labute approximate surface area is 238 Å². The van der Waals surface area contributed by atoms with Crippen molar-refractivity contribution < 1.29 is 19.5 Å². The number of anilines is 2. The number of nitrogens with one attached hydrogen (secondary N) is 3. The quantitative estimate of drug-likeness (QED) is 0.152. The zero-order chi connectivity index (χ0) is 28.6. The SMILES string of the molecule is CCNC(=O)[C@H]1OC[C@H](On2cnc3c(NCC(c4ccccc4)c4ccccc4)nc(NCCCN)nc32)[C@@H]1O. The predicted molar refractivity (Wildman–Crippen MR) is 155 cm³/mol. The third-order valence-electron chi connectivity index (χ3n) is 6.90. The van der Waals surface area contributed by atoms with Crippen LogP contribution in [0.25, 0.3) is 11.2 Å². The average molecular weight is 561 g/mol. The van der Waals surface area contributed by atoms with Gasteiger partial charge in [-0.2, -0.15) is 14.7 Å². The number of benzene rings is 2. The molecule has 0 bridgehead atoms. The van der Waals surface area contributed by atoms with E-state index < -0.39 is 18.3 Å². The van der Waals surface area contributed by atoms with E-state index in [2.05, 4.69) is 50.2 Å². The van der Waals surface area contributed by atoms with Gasteiger partial charge in [0, 0.05) is 25.6 Å². The first kappa shape index (κ1) is 28.3. The number of rotatable bonds is 13. The Kier molecular flexibility index (Phi) is 9.24. The van der Waals surface area contributed by atoms with Gasteiger partial charge in [0.2, 0.25) is 11.6 Å². The summed E-state index contributed by atoms with van der Waals surface area (Å²) >= 11 is 0. The topological polar surface area (TPSA) is 161 Å². The molecule has 3 heterocycles. The summed E-state index contributed by atoms with van der Waals surface area (Å²) in [5.41, 5.74) is 8.92. The molecule has 5 rings (SSSR count). The zero-order valence-electron chi connectivity index (χ0n) is 22.9. The van der Waals surface area contributed by atoms with Crippen LogP contribution >= 0.6 is 0 Å². The van der Waals surface area contributed by atoms with E-state index in [-0.39, 0.29) is 18.4 Å². The second-order valence-corrected chi connectivity index (χ2v) is 9.75. The second-order valence-electron chi connectivity index (χ2n) is 9.75. The number of amides is 1. The normalized spacial score (nSPS) is 18.5. The number of aliphatic hydroxyl groups excluding tert-OH is 1. The molecule has 0 saturated carbocycles. The number of aromatic nitrogens is 4. The molecule has 3 atom stereocenters. The van der Waals surface area contributed by atoms with Crippen molar-refractivity contribution in [3.63, 3.8) is 0 Å². The highest BCUT2D eigenvalue weighted by atomic mass is 16.7. The van der Waals surface area contributed by atoms with Crippen LogP contribution in [0.5, 0.6) is 0 Å². The van der Waals surface area contributed by atoms with E-state index in [0.29, 0.717) is 49.1 Å². The molecule has 2 aromatic carbocycles. The van der Waals surface area contributed by atoms with Gasteiger partial charge in [-0.1, -0.05) is 60.7 Å². The van der Waals surface area contributed by atoms with E-state index in [1.807, 2.05) is 36.4 Å². The molecule has 1 aliphatic heterocycles. The summed E-state index contributed by atoms with van der Waals surface area (Å²) in [5, 5.41) is 20.1. The van der Waals surface area contributed by atoms with E-state index in [1.165, 1.54) is 22.2 Å². The predicted octanol–water partition coefficient (Wildman–Crippen LogP) is 1.52. The Morgan fingerprint density at radius 2 is 1.83 bits per heavy atom. The number of carbonyl (C=O) groups excluding carboxylic acids is 1. The van der Waals surface area contributed by atoms with Crippen LogP contribution in [0.1, 0.15) is 30.4 Å². The van der Waals surface area contributed by atoms with Gasteiger partial charge in [-0.15, -0.1) is 0 Å². The summed E-state index contributed by atoms with van der Waals surface area (Å²) in [6.45, 7) is 3.96. The number of carbonyl (C=O) groups is 1. The zero-order valence-corrected chi connectivity index (χ0v) is 22.9. The van der Waals surface area contributed by atoms with Gasteiger partial charge in [0.1, 0.15) is 12.4 Å². The van der Waals surface area contributed by atoms with E-state index >= 15 is 0 Å². The number of nitrogens with two attached hydrogens (primary N) is 1. The van der Waals surface area contributed by atoms with E-state index in [9.17, 15) is 9.90 Å². The molecule has 0 unspecified atom stereocenters. The Bertz CT molecular complexity index is 1380. The van der Waals surface area contributed by atoms with Crippen molar-refractivity contribution in [2.45, 2.75) is 37.6 Å². The van der Waals surface area contributed by atoms with Gasteiger partial charge in [-0.25, -0.2) is 4.98 Å². The molecule has 1 saturated heterocycles. The van der Waals surface area contributed by atoms with Crippen molar-refractivity contribution in [2.24, 2.45) is 5.73 Å². The first-order valence-electron chi connectivity index (χ1n) is 13.9. The molecule has 0 aliphatic carbocycles. The lowest BCUT2D eigenvalue weighted by atomic mass is 9.91. The van der Waals surface area contributed by atoms with Crippen LogP contribution in [0.2, 0.25) is 0 Å². The molecular formula is C29H36N8O4. The first-order valence-corrected chi connectivity index (χ1v) is 13.9. The van der Waals surface area contributed by atoms with Crippen molar-refractivity contribution in [2.75, 3.05) is 43.4 Å².